The summed E-state index contributed by atoms with van der Waals surface area (Å²) in [7, 11) is -1.78. The molecule has 3 heterocycles. The van der Waals surface area contributed by atoms with Gasteiger partial charge in [-0.05, 0) is 25.8 Å². The number of sulfonamides is 1. The lowest BCUT2D eigenvalue weighted by Gasteiger charge is -2.34. The van der Waals surface area contributed by atoms with E-state index in [4.69, 9.17) is 4.74 Å². The Morgan fingerprint density at radius 2 is 1.81 bits per heavy atom. The minimum absolute atomic E-state index is 0.0167. The fourth-order valence-electron chi connectivity index (χ4n) is 3.43. The number of carbonyl (C=O) groups excluding carboxylic acids is 1. The number of urea groups is 1. The van der Waals surface area contributed by atoms with Gasteiger partial charge in [-0.2, -0.15) is 0 Å². The molecule has 27 heavy (non-hydrogen) atoms. The summed E-state index contributed by atoms with van der Waals surface area (Å²) in [5.41, 5.74) is 0.509. The van der Waals surface area contributed by atoms with Crippen molar-refractivity contribution in [2.75, 3.05) is 43.3 Å². The lowest BCUT2D eigenvalue weighted by molar-refractivity contribution is 0.0954. The molecule has 3 rings (SSSR count). The Morgan fingerprint density at radius 1 is 1.19 bits per heavy atom. The number of aromatic nitrogens is 1. The van der Waals surface area contributed by atoms with Gasteiger partial charge in [0.1, 0.15) is 6.10 Å². The van der Waals surface area contributed by atoms with E-state index >= 15 is 0 Å². The lowest BCUT2D eigenvalue weighted by Crippen LogP contribution is -2.47. The first-order chi connectivity index (χ1) is 12.9. The average molecular weight is 397 g/mol. The second-order valence-corrected chi connectivity index (χ2v) is 9.29. The number of likely N-dealkylation sites (tertiary alicyclic amines) is 2. The van der Waals surface area contributed by atoms with Gasteiger partial charge in [0, 0.05) is 52.1 Å². The van der Waals surface area contributed by atoms with Crippen molar-refractivity contribution in [2.45, 2.75) is 38.7 Å². The quantitative estimate of drug-likeness (QED) is 0.759. The molecule has 1 aromatic rings. The molecule has 150 valence electrons. The maximum atomic E-state index is 12.4. The topological polar surface area (TPSA) is 83.0 Å². The van der Waals surface area contributed by atoms with Crippen molar-refractivity contribution in [2.24, 2.45) is 0 Å². The van der Waals surface area contributed by atoms with Crippen LogP contribution in [0.15, 0.2) is 18.3 Å². The Morgan fingerprint density at radius 3 is 2.37 bits per heavy atom. The molecule has 0 spiro atoms. The van der Waals surface area contributed by atoms with Crippen LogP contribution < -0.4 is 9.04 Å². The van der Waals surface area contributed by atoms with E-state index in [1.165, 1.54) is 17.5 Å². The minimum atomic E-state index is -3.30. The molecule has 2 aliphatic rings. The summed E-state index contributed by atoms with van der Waals surface area (Å²) in [6.45, 7) is 4.73. The van der Waals surface area contributed by atoms with Crippen molar-refractivity contribution in [3.8, 4) is 5.88 Å². The van der Waals surface area contributed by atoms with Crippen molar-refractivity contribution in [1.82, 2.24) is 14.8 Å². The average Bonchev–Trinajstić information content (AvgIpc) is 3.23. The SMILES string of the molecule is CCS(=O)(=O)N(C)c1ccc(OC2CCN(C(=O)N3CCCC3)CC2)nc1. The summed E-state index contributed by atoms with van der Waals surface area (Å²) in [5, 5.41) is 0. The van der Waals surface area contributed by atoms with Gasteiger partial charge in [0.25, 0.3) is 0 Å². The smallest absolute Gasteiger partial charge is 0.320 e. The van der Waals surface area contributed by atoms with E-state index in [2.05, 4.69) is 4.98 Å². The first-order valence-corrected chi connectivity index (χ1v) is 11.1. The van der Waals surface area contributed by atoms with E-state index in [0.717, 1.165) is 38.8 Å². The van der Waals surface area contributed by atoms with Crippen molar-refractivity contribution < 1.29 is 17.9 Å². The van der Waals surface area contributed by atoms with Crippen LogP contribution in [0.25, 0.3) is 0 Å². The highest BCUT2D eigenvalue weighted by Gasteiger charge is 2.28. The Bertz CT molecular complexity index is 739. The standard InChI is InChI=1S/C18H28N4O4S/c1-3-27(24,25)20(2)15-6-7-17(19-14-15)26-16-8-12-22(13-9-16)18(23)21-10-4-5-11-21/h6-7,14,16H,3-5,8-13H2,1-2H3. The zero-order chi connectivity index (χ0) is 19.4. The maximum absolute atomic E-state index is 12.4. The highest BCUT2D eigenvalue weighted by molar-refractivity contribution is 7.92. The predicted octanol–water partition coefficient (Wildman–Crippen LogP) is 1.93. The van der Waals surface area contributed by atoms with E-state index in [0.29, 0.717) is 24.7 Å². The summed E-state index contributed by atoms with van der Waals surface area (Å²) in [6, 6.07) is 3.54. The van der Waals surface area contributed by atoms with Crippen molar-refractivity contribution in [1.29, 1.82) is 0 Å². The molecular formula is C18H28N4O4S. The Labute approximate surface area is 161 Å². The molecule has 8 nitrogen and oxygen atoms in total. The van der Waals surface area contributed by atoms with E-state index in [1.54, 1.807) is 19.1 Å². The van der Waals surface area contributed by atoms with Gasteiger partial charge in [-0.25, -0.2) is 18.2 Å². The highest BCUT2D eigenvalue weighted by atomic mass is 32.2. The molecular weight excluding hydrogens is 368 g/mol. The third kappa shape index (κ3) is 4.63. The minimum Gasteiger partial charge on any atom is -0.474 e. The molecule has 0 saturated carbocycles. The third-order valence-corrected chi connectivity index (χ3v) is 7.02. The van der Waals surface area contributed by atoms with Crippen LogP contribution in [0.3, 0.4) is 0 Å². The van der Waals surface area contributed by atoms with Crippen LogP contribution in [-0.2, 0) is 10.0 Å². The largest absolute Gasteiger partial charge is 0.474 e. The predicted molar refractivity (Wildman–Crippen MR) is 104 cm³/mol. The molecule has 0 atom stereocenters. The van der Waals surface area contributed by atoms with Crippen LogP contribution >= 0.6 is 0 Å². The van der Waals surface area contributed by atoms with Gasteiger partial charge in [0.05, 0.1) is 17.6 Å². The number of nitrogens with zero attached hydrogens (tertiary/aromatic N) is 4. The maximum Gasteiger partial charge on any atom is 0.320 e. The van der Waals surface area contributed by atoms with Gasteiger partial charge < -0.3 is 14.5 Å². The van der Waals surface area contributed by atoms with E-state index in [-0.39, 0.29) is 17.9 Å². The third-order valence-electron chi connectivity index (χ3n) is 5.24. The molecule has 1 aromatic heterocycles. The molecule has 0 N–H and O–H groups in total. The number of ether oxygens (including phenoxy) is 1. The van der Waals surface area contributed by atoms with Gasteiger partial charge in [0.15, 0.2) is 0 Å². The van der Waals surface area contributed by atoms with Crippen LogP contribution in [0.1, 0.15) is 32.6 Å². The van der Waals surface area contributed by atoms with E-state index in [9.17, 15) is 13.2 Å². The van der Waals surface area contributed by atoms with Gasteiger partial charge in [-0.3, -0.25) is 4.31 Å². The van der Waals surface area contributed by atoms with Crippen LogP contribution in [0.4, 0.5) is 10.5 Å². The fraction of sp³-hybridized carbons (Fsp3) is 0.667. The number of amides is 2. The summed E-state index contributed by atoms with van der Waals surface area (Å²) >= 11 is 0. The summed E-state index contributed by atoms with van der Waals surface area (Å²) in [5.74, 6) is 0.515. The van der Waals surface area contributed by atoms with Crippen molar-refractivity contribution in [3.05, 3.63) is 18.3 Å². The van der Waals surface area contributed by atoms with Crippen molar-refractivity contribution >= 4 is 21.7 Å². The molecule has 0 aliphatic carbocycles. The van der Waals surface area contributed by atoms with Crippen LogP contribution in [0.5, 0.6) is 5.88 Å². The van der Waals surface area contributed by atoms with Crippen LogP contribution in [-0.4, -0.2) is 74.3 Å². The normalized spacial score (nSPS) is 18.6. The molecule has 0 aromatic carbocycles. The number of hydrogen-bond donors (Lipinski definition) is 0. The zero-order valence-electron chi connectivity index (χ0n) is 16.0. The summed E-state index contributed by atoms with van der Waals surface area (Å²) < 4.78 is 31.0. The van der Waals surface area contributed by atoms with Gasteiger partial charge in [-0.1, -0.05) is 0 Å². The van der Waals surface area contributed by atoms with E-state index in [1.807, 2.05) is 9.80 Å². The molecule has 0 unspecified atom stereocenters. The number of carbonyl (C=O) groups is 1. The van der Waals surface area contributed by atoms with Crippen LogP contribution in [0.2, 0.25) is 0 Å². The first-order valence-electron chi connectivity index (χ1n) is 9.54. The van der Waals surface area contributed by atoms with Gasteiger partial charge in [-0.15, -0.1) is 0 Å². The van der Waals surface area contributed by atoms with Crippen LogP contribution in [0, 0.1) is 0 Å². The number of anilines is 1. The molecule has 2 amide bonds. The Kier molecular flexibility index (Phi) is 6.08. The second kappa shape index (κ2) is 8.33. The molecule has 2 aliphatic heterocycles. The second-order valence-electron chi connectivity index (χ2n) is 7.00. The summed E-state index contributed by atoms with van der Waals surface area (Å²) in [6.07, 6.45) is 5.27. The monoisotopic (exact) mass is 396 g/mol. The lowest BCUT2D eigenvalue weighted by atomic mass is 10.1. The molecule has 2 fully saturated rings. The number of piperidine rings is 1. The Hall–Kier alpha value is -2.03. The summed E-state index contributed by atoms with van der Waals surface area (Å²) in [4.78, 5) is 20.5. The highest BCUT2D eigenvalue weighted by Crippen LogP contribution is 2.22. The molecule has 0 bridgehead atoms. The number of hydrogen-bond acceptors (Lipinski definition) is 5. The molecule has 9 heteroatoms. The Balaban J connectivity index is 1.51. The first kappa shape index (κ1) is 19.7. The number of pyridine rings is 1. The molecule has 2 saturated heterocycles. The molecule has 0 radical (unpaired) electrons. The van der Waals surface area contributed by atoms with E-state index < -0.39 is 10.0 Å². The fourth-order valence-corrected chi connectivity index (χ4v) is 4.24. The zero-order valence-corrected chi connectivity index (χ0v) is 16.8. The van der Waals surface area contributed by atoms with Gasteiger partial charge >= 0.3 is 6.03 Å². The van der Waals surface area contributed by atoms with Gasteiger partial charge in [0.2, 0.25) is 15.9 Å². The van der Waals surface area contributed by atoms with Crippen molar-refractivity contribution in [3.63, 3.8) is 0 Å². The number of rotatable bonds is 5.